The van der Waals surface area contributed by atoms with Crippen molar-refractivity contribution >= 4 is 10.8 Å². The second kappa shape index (κ2) is 7.47. The fourth-order valence-electron chi connectivity index (χ4n) is 1.13. The number of fused-ring (bicyclic) bond motifs is 1. The quantitative estimate of drug-likeness (QED) is 0.545. The van der Waals surface area contributed by atoms with Crippen molar-refractivity contribution in [3.8, 4) is 25.7 Å². The smallest absolute Gasteiger partial charge is 0.0184 e. The second-order valence-corrected chi connectivity index (χ2v) is 2.35. The third kappa shape index (κ3) is 3.05. The summed E-state index contributed by atoms with van der Waals surface area (Å²) < 4.78 is 0. The van der Waals surface area contributed by atoms with E-state index in [2.05, 4.69) is 74.2 Å². The van der Waals surface area contributed by atoms with Crippen LogP contribution in [0.4, 0.5) is 0 Å². The molecule has 0 heteroatoms. The zero-order chi connectivity index (χ0) is 10.8. The SMILES string of the molecule is C#C.C#C.c1ccc2ccccc2c1. The molecule has 0 aliphatic heterocycles. The maximum Gasteiger partial charge on any atom is -0.0184 e. The van der Waals surface area contributed by atoms with Crippen LogP contribution in [0.3, 0.4) is 0 Å². The first-order valence-corrected chi connectivity index (χ1v) is 4.07. The first-order valence-electron chi connectivity index (χ1n) is 4.07. The van der Waals surface area contributed by atoms with E-state index in [0.29, 0.717) is 0 Å². The Labute approximate surface area is 85.6 Å². The minimum absolute atomic E-state index is 1.31. The van der Waals surface area contributed by atoms with E-state index in [-0.39, 0.29) is 0 Å². The van der Waals surface area contributed by atoms with E-state index >= 15 is 0 Å². The summed E-state index contributed by atoms with van der Waals surface area (Å²) in [7, 11) is 0. The molecule has 0 atom stereocenters. The largest absolute Gasteiger partial charge is 0.124 e. The highest BCUT2D eigenvalue weighted by Gasteiger charge is 1.85. The Hall–Kier alpha value is -2.18. The predicted molar refractivity (Wildman–Crippen MR) is 63.7 cm³/mol. The van der Waals surface area contributed by atoms with Crippen LogP contribution in [0.1, 0.15) is 0 Å². The fraction of sp³-hybridized carbons (Fsp3) is 0. The molecule has 0 saturated carbocycles. The average Bonchev–Trinajstić information content (AvgIpc) is 2.34. The van der Waals surface area contributed by atoms with Crippen LogP contribution in [0.15, 0.2) is 48.5 Å². The molecule has 0 aliphatic rings. The van der Waals surface area contributed by atoms with Crippen molar-refractivity contribution in [3.63, 3.8) is 0 Å². The van der Waals surface area contributed by atoms with Crippen LogP contribution in [0.2, 0.25) is 0 Å². The van der Waals surface area contributed by atoms with Crippen molar-refractivity contribution in [2.45, 2.75) is 0 Å². The van der Waals surface area contributed by atoms with E-state index < -0.39 is 0 Å². The van der Waals surface area contributed by atoms with Gasteiger partial charge in [0.25, 0.3) is 0 Å². The topological polar surface area (TPSA) is 0 Å². The Morgan fingerprint density at radius 1 is 0.500 bits per heavy atom. The lowest BCUT2D eigenvalue weighted by Gasteiger charge is -1.92. The van der Waals surface area contributed by atoms with Gasteiger partial charge in [-0.05, 0) is 10.8 Å². The van der Waals surface area contributed by atoms with Gasteiger partial charge in [0, 0.05) is 0 Å². The molecule has 0 bridgehead atoms. The predicted octanol–water partition coefficient (Wildman–Crippen LogP) is 3.34. The lowest BCUT2D eigenvalue weighted by Crippen LogP contribution is -1.67. The minimum Gasteiger partial charge on any atom is -0.124 e. The van der Waals surface area contributed by atoms with Gasteiger partial charge in [-0.1, -0.05) is 48.5 Å². The van der Waals surface area contributed by atoms with Gasteiger partial charge in [-0.25, -0.2) is 0 Å². The number of hydrogen-bond donors (Lipinski definition) is 0. The van der Waals surface area contributed by atoms with Gasteiger partial charge in [0.05, 0.1) is 0 Å². The Morgan fingerprint density at radius 3 is 0.929 bits per heavy atom. The summed E-state index contributed by atoms with van der Waals surface area (Å²) in [6.07, 6.45) is 16.0. The summed E-state index contributed by atoms with van der Waals surface area (Å²) in [5.41, 5.74) is 0. The highest BCUT2D eigenvalue weighted by molar-refractivity contribution is 5.81. The summed E-state index contributed by atoms with van der Waals surface area (Å²) in [6, 6.07) is 16.7. The number of terminal acetylenes is 2. The molecule has 2 rings (SSSR count). The summed E-state index contributed by atoms with van der Waals surface area (Å²) >= 11 is 0. The molecule has 68 valence electrons. The van der Waals surface area contributed by atoms with Crippen LogP contribution >= 0.6 is 0 Å². The van der Waals surface area contributed by atoms with Gasteiger partial charge in [-0.2, -0.15) is 0 Å². The van der Waals surface area contributed by atoms with Gasteiger partial charge < -0.3 is 0 Å². The molecule has 0 nitrogen and oxygen atoms in total. The summed E-state index contributed by atoms with van der Waals surface area (Å²) in [4.78, 5) is 0. The van der Waals surface area contributed by atoms with Crippen molar-refractivity contribution in [2.75, 3.05) is 0 Å². The van der Waals surface area contributed by atoms with Gasteiger partial charge in [0.2, 0.25) is 0 Å². The molecule has 0 N–H and O–H groups in total. The molecular formula is C14H12. The molecule has 0 saturated heterocycles. The first-order chi connectivity index (χ1) is 6.97. The molecule has 0 fully saturated rings. The third-order valence-electron chi connectivity index (χ3n) is 1.66. The van der Waals surface area contributed by atoms with Gasteiger partial charge in [-0.3, -0.25) is 0 Å². The van der Waals surface area contributed by atoms with Gasteiger partial charge >= 0.3 is 0 Å². The highest BCUT2D eigenvalue weighted by Crippen LogP contribution is 2.11. The molecule has 0 aliphatic carbocycles. The zero-order valence-electron chi connectivity index (χ0n) is 7.93. The first kappa shape index (κ1) is 11.8. The van der Waals surface area contributed by atoms with Crippen LogP contribution in [0.25, 0.3) is 10.8 Å². The van der Waals surface area contributed by atoms with Crippen molar-refractivity contribution in [1.29, 1.82) is 0 Å². The van der Waals surface area contributed by atoms with Gasteiger partial charge in [0.15, 0.2) is 0 Å². The molecule has 0 radical (unpaired) electrons. The average molecular weight is 180 g/mol. The molecular weight excluding hydrogens is 168 g/mol. The third-order valence-corrected chi connectivity index (χ3v) is 1.66. The van der Waals surface area contributed by atoms with Gasteiger partial charge in [0.1, 0.15) is 0 Å². The van der Waals surface area contributed by atoms with E-state index in [1.54, 1.807) is 0 Å². The number of hydrogen-bond acceptors (Lipinski definition) is 0. The summed E-state index contributed by atoms with van der Waals surface area (Å²) in [5, 5.41) is 2.62. The van der Waals surface area contributed by atoms with E-state index in [1.807, 2.05) is 0 Å². The van der Waals surface area contributed by atoms with E-state index in [0.717, 1.165) is 0 Å². The monoisotopic (exact) mass is 180 g/mol. The zero-order valence-corrected chi connectivity index (χ0v) is 7.93. The number of rotatable bonds is 0. The molecule has 2 aromatic carbocycles. The van der Waals surface area contributed by atoms with E-state index in [4.69, 9.17) is 0 Å². The van der Waals surface area contributed by atoms with Crippen molar-refractivity contribution in [1.82, 2.24) is 0 Å². The normalized spacial score (nSPS) is 7.43. The van der Waals surface area contributed by atoms with E-state index in [9.17, 15) is 0 Å². The Morgan fingerprint density at radius 2 is 0.714 bits per heavy atom. The van der Waals surface area contributed by atoms with Crippen LogP contribution in [-0.4, -0.2) is 0 Å². The fourth-order valence-corrected chi connectivity index (χ4v) is 1.13. The molecule has 0 unspecified atom stereocenters. The van der Waals surface area contributed by atoms with Crippen molar-refractivity contribution in [2.24, 2.45) is 0 Å². The minimum atomic E-state index is 1.31. The van der Waals surface area contributed by atoms with Crippen LogP contribution in [0, 0.1) is 25.7 Å². The van der Waals surface area contributed by atoms with Gasteiger partial charge in [-0.15, -0.1) is 25.7 Å². The highest BCUT2D eigenvalue weighted by atomic mass is 13.9. The second-order valence-electron chi connectivity index (χ2n) is 2.35. The molecule has 0 heterocycles. The molecule has 0 aromatic heterocycles. The van der Waals surface area contributed by atoms with Crippen molar-refractivity contribution in [3.05, 3.63) is 48.5 Å². The van der Waals surface area contributed by atoms with E-state index in [1.165, 1.54) is 10.8 Å². The lowest BCUT2D eigenvalue weighted by molar-refractivity contribution is 1.75. The Balaban J connectivity index is 0.000000379. The van der Waals surface area contributed by atoms with Crippen molar-refractivity contribution < 1.29 is 0 Å². The summed E-state index contributed by atoms with van der Waals surface area (Å²) in [5.74, 6) is 0. The van der Waals surface area contributed by atoms with Crippen LogP contribution < -0.4 is 0 Å². The standard InChI is InChI=1S/C10H8.2C2H2/c1-2-6-10-8-4-3-7-9(10)5-1;2*1-2/h1-8H;2*1-2H. The summed E-state index contributed by atoms with van der Waals surface area (Å²) in [6.45, 7) is 0. The molecule has 0 spiro atoms. The lowest BCUT2D eigenvalue weighted by atomic mass is 10.1. The molecule has 14 heavy (non-hydrogen) atoms. The maximum absolute atomic E-state index is 4.00. The number of benzene rings is 2. The van der Waals surface area contributed by atoms with Crippen LogP contribution in [0.5, 0.6) is 0 Å². The Kier molecular flexibility index (Phi) is 6.31. The molecule has 2 aromatic rings. The van der Waals surface area contributed by atoms with Crippen LogP contribution in [-0.2, 0) is 0 Å². The molecule has 0 amide bonds. The maximum atomic E-state index is 4.00. The Bertz CT molecular complexity index is 336.